The molecule has 0 saturated heterocycles. The summed E-state index contributed by atoms with van der Waals surface area (Å²) in [5.41, 5.74) is 0. The first kappa shape index (κ1) is 13.8. The standard InChI is InChI=1S/C12H13N3O2S2/c1-13-12-14-8-7-11(15-12)18-9-3-5-10(6-4-9)19(2,16)17/h3-8H,1-2H3,(H,13,14,15). The van der Waals surface area contributed by atoms with E-state index in [1.165, 1.54) is 18.0 Å². The molecule has 0 saturated carbocycles. The Labute approximate surface area is 116 Å². The molecule has 1 aromatic heterocycles. The van der Waals surface area contributed by atoms with Gasteiger partial charge in [0.2, 0.25) is 5.95 Å². The Morgan fingerprint density at radius 1 is 1.16 bits per heavy atom. The summed E-state index contributed by atoms with van der Waals surface area (Å²) in [6.45, 7) is 0. The van der Waals surface area contributed by atoms with Gasteiger partial charge in [0.25, 0.3) is 0 Å². The van der Waals surface area contributed by atoms with Gasteiger partial charge in [0.05, 0.1) is 4.90 Å². The molecule has 0 aliphatic carbocycles. The summed E-state index contributed by atoms with van der Waals surface area (Å²) in [5.74, 6) is 0.553. The fourth-order valence-corrected chi connectivity index (χ4v) is 2.80. The predicted molar refractivity (Wildman–Crippen MR) is 75.3 cm³/mol. The van der Waals surface area contributed by atoms with E-state index in [1.807, 2.05) is 0 Å². The van der Waals surface area contributed by atoms with E-state index in [9.17, 15) is 8.42 Å². The monoisotopic (exact) mass is 295 g/mol. The lowest BCUT2D eigenvalue weighted by Gasteiger charge is -2.04. The highest BCUT2D eigenvalue weighted by Gasteiger charge is 2.07. The maximum absolute atomic E-state index is 11.4. The van der Waals surface area contributed by atoms with Crippen LogP contribution in [0, 0.1) is 0 Å². The fourth-order valence-electron chi connectivity index (χ4n) is 1.40. The second-order valence-corrected chi connectivity index (χ2v) is 6.92. The normalized spacial score (nSPS) is 11.3. The van der Waals surface area contributed by atoms with E-state index < -0.39 is 9.84 Å². The largest absolute Gasteiger partial charge is 0.357 e. The van der Waals surface area contributed by atoms with Crippen LogP contribution >= 0.6 is 11.8 Å². The summed E-state index contributed by atoms with van der Waals surface area (Å²) in [6, 6.07) is 8.52. The van der Waals surface area contributed by atoms with Crippen LogP contribution in [0.15, 0.2) is 51.3 Å². The minimum atomic E-state index is -3.15. The average molecular weight is 295 g/mol. The summed E-state index contributed by atoms with van der Waals surface area (Å²) in [7, 11) is -1.39. The molecule has 19 heavy (non-hydrogen) atoms. The second kappa shape index (κ2) is 5.58. The summed E-state index contributed by atoms with van der Waals surface area (Å²) in [4.78, 5) is 9.55. The molecule has 0 spiro atoms. The number of anilines is 1. The summed E-state index contributed by atoms with van der Waals surface area (Å²) in [6.07, 6.45) is 2.87. The van der Waals surface area contributed by atoms with Gasteiger partial charge in [0.15, 0.2) is 9.84 Å². The van der Waals surface area contributed by atoms with Crippen molar-refractivity contribution in [1.29, 1.82) is 0 Å². The number of sulfone groups is 1. The third kappa shape index (κ3) is 3.68. The number of hydrogen-bond acceptors (Lipinski definition) is 6. The Bertz CT molecular complexity index is 670. The van der Waals surface area contributed by atoms with Crippen molar-refractivity contribution in [2.45, 2.75) is 14.8 Å². The van der Waals surface area contributed by atoms with E-state index in [0.717, 1.165) is 9.92 Å². The van der Waals surface area contributed by atoms with Crippen molar-refractivity contribution >= 4 is 27.5 Å². The molecule has 7 heteroatoms. The number of nitrogens with one attached hydrogen (secondary N) is 1. The number of nitrogens with zero attached hydrogens (tertiary/aromatic N) is 2. The summed E-state index contributed by atoms with van der Waals surface area (Å²) >= 11 is 1.45. The van der Waals surface area contributed by atoms with Crippen LogP contribution in [0.2, 0.25) is 0 Å². The van der Waals surface area contributed by atoms with Crippen LogP contribution in [0.1, 0.15) is 0 Å². The maximum Gasteiger partial charge on any atom is 0.223 e. The number of aromatic nitrogens is 2. The summed E-state index contributed by atoms with van der Waals surface area (Å²) in [5, 5.41) is 3.66. The maximum atomic E-state index is 11.4. The Morgan fingerprint density at radius 3 is 2.42 bits per heavy atom. The van der Waals surface area contributed by atoms with E-state index in [4.69, 9.17) is 0 Å². The Balaban J connectivity index is 2.19. The third-order valence-corrected chi connectivity index (χ3v) is 4.40. The van der Waals surface area contributed by atoms with Crippen LogP contribution in [0.25, 0.3) is 0 Å². The van der Waals surface area contributed by atoms with Gasteiger partial charge in [-0.25, -0.2) is 18.4 Å². The van der Waals surface area contributed by atoms with Crippen LogP contribution in [-0.4, -0.2) is 31.7 Å². The van der Waals surface area contributed by atoms with Gasteiger partial charge in [-0.1, -0.05) is 11.8 Å². The number of hydrogen-bond donors (Lipinski definition) is 1. The number of benzene rings is 1. The lowest BCUT2D eigenvalue weighted by atomic mass is 10.4. The smallest absolute Gasteiger partial charge is 0.223 e. The van der Waals surface area contributed by atoms with Gasteiger partial charge >= 0.3 is 0 Å². The molecule has 0 fully saturated rings. The summed E-state index contributed by atoms with van der Waals surface area (Å²) < 4.78 is 22.7. The molecule has 0 unspecified atom stereocenters. The van der Waals surface area contributed by atoms with Crippen molar-refractivity contribution in [3.63, 3.8) is 0 Å². The molecule has 1 aromatic carbocycles. The molecule has 0 aliphatic heterocycles. The van der Waals surface area contributed by atoms with E-state index >= 15 is 0 Å². The van der Waals surface area contributed by atoms with E-state index in [2.05, 4.69) is 15.3 Å². The Morgan fingerprint density at radius 2 is 1.84 bits per heavy atom. The Hall–Kier alpha value is -1.60. The first-order valence-electron chi connectivity index (χ1n) is 5.48. The quantitative estimate of drug-likeness (QED) is 0.871. The van der Waals surface area contributed by atoms with Crippen LogP contribution in [0.5, 0.6) is 0 Å². The zero-order valence-electron chi connectivity index (χ0n) is 10.5. The van der Waals surface area contributed by atoms with Crippen LogP contribution in [0.3, 0.4) is 0 Å². The van der Waals surface area contributed by atoms with Crippen LogP contribution in [-0.2, 0) is 9.84 Å². The highest BCUT2D eigenvalue weighted by Crippen LogP contribution is 2.27. The van der Waals surface area contributed by atoms with Gasteiger partial charge in [-0.2, -0.15) is 0 Å². The molecule has 0 radical (unpaired) electrons. The van der Waals surface area contributed by atoms with E-state index in [1.54, 1.807) is 43.6 Å². The molecular formula is C12H13N3O2S2. The minimum absolute atomic E-state index is 0.315. The van der Waals surface area contributed by atoms with Crippen molar-refractivity contribution in [2.24, 2.45) is 0 Å². The minimum Gasteiger partial charge on any atom is -0.357 e. The van der Waals surface area contributed by atoms with Crippen LogP contribution < -0.4 is 5.32 Å². The molecule has 0 aliphatic rings. The van der Waals surface area contributed by atoms with Gasteiger partial charge in [-0.15, -0.1) is 0 Å². The van der Waals surface area contributed by atoms with Gasteiger partial charge < -0.3 is 5.32 Å². The zero-order chi connectivity index (χ0) is 13.9. The first-order valence-corrected chi connectivity index (χ1v) is 8.18. The van der Waals surface area contributed by atoms with Crippen LogP contribution in [0.4, 0.5) is 5.95 Å². The number of rotatable bonds is 4. The van der Waals surface area contributed by atoms with Gasteiger partial charge in [0, 0.05) is 24.4 Å². The highest BCUT2D eigenvalue weighted by atomic mass is 32.2. The van der Waals surface area contributed by atoms with Crippen molar-refractivity contribution in [2.75, 3.05) is 18.6 Å². The average Bonchev–Trinajstić information content (AvgIpc) is 2.38. The van der Waals surface area contributed by atoms with Crippen molar-refractivity contribution < 1.29 is 8.42 Å². The van der Waals surface area contributed by atoms with Gasteiger partial charge in [-0.05, 0) is 30.3 Å². The zero-order valence-corrected chi connectivity index (χ0v) is 12.1. The van der Waals surface area contributed by atoms with Crippen molar-refractivity contribution in [3.05, 3.63) is 36.5 Å². The van der Waals surface area contributed by atoms with Gasteiger partial charge in [0.1, 0.15) is 5.03 Å². The Kier molecular flexibility index (Phi) is 4.06. The van der Waals surface area contributed by atoms with Crippen molar-refractivity contribution in [1.82, 2.24) is 9.97 Å². The molecule has 100 valence electrons. The molecule has 5 nitrogen and oxygen atoms in total. The first-order chi connectivity index (χ1) is 8.99. The lowest BCUT2D eigenvalue weighted by Crippen LogP contribution is -1.96. The molecule has 0 atom stereocenters. The third-order valence-electron chi connectivity index (χ3n) is 2.33. The van der Waals surface area contributed by atoms with E-state index in [-0.39, 0.29) is 0 Å². The molecule has 1 N–H and O–H groups in total. The van der Waals surface area contributed by atoms with E-state index in [0.29, 0.717) is 10.8 Å². The molecular weight excluding hydrogens is 282 g/mol. The fraction of sp³-hybridized carbons (Fsp3) is 0.167. The topological polar surface area (TPSA) is 72.0 Å². The highest BCUT2D eigenvalue weighted by molar-refractivity contribution is 7.99. The van der Waals surface area contributed by atoms with Crippen molar-refractivity contribution in [3.8, 4) is 0 Å². The molecule has 1 heterocycles. The van der Waals surface area contributed by atoms with Gasteiger partial charge in [-0.3, -0.25) is 0 Å². The molecule has 0 bridgehead atoms. The molecule has 0 amide bonds. The SMILES string of the molecule is CNc1nccc(Sc2ccc(S(C)(=O)=O)cc2)n1. The second-order valence-electron chi connectivity index (χ2n) is 3.81. The predicted octanol–water partition coefficient (Wildman–Crippen LogP) is 2.07. The molecule has 2 rings (SSSR count). The lowest BCUT2D eigenvalue weighted by molar-refractivity contribution is 0.602. The molecule has 2 aromatic rings.